The van der Waals surface area contributed by atoms with Gasteiger partial charge in [-0.1, -0.05) is 71.6 Å². The predicted molar refractivity (Wildman–Crippen MR) is 142 cm³/mol. The zero-order valence-corrected chi connectivity index (χ0v) is 22.6. The van der Waals surface area contributed by atoms with Crippen molar-refractivity contribution in [3.63, 3.8) is 0 Å². The second-order valence-corrected chi connectivity index (χ2v) is 13.2. The van der Waals surface area contributed by atoms with Crippen LogP contribution in [0.3, 0.4) is 0 Å². The van der Waals surface area contributed by atoms with Crippen LogP contribution in [0.4, 0.5) is 0 Å². The first kappa shape index (κ1) is 25.9. The first-order valence-electron chi connectivity index (χ1n) is 14.5. The van der Waals surface area contributed by atoms with Crippen LogP contribution in [0.15, 0.2) is 42.2 Å². The Labute approximate surface area is 210 Å². The van der Waals surface area contributed by atoms with Crippen LogP contribution in [0, 0.1) is 46.3 Å². The van der Waals surface area contributed by atoms with Crippen LogP contribution in [-0.2, 0) is 5.11 Å². The highest BCUT2D eigenvalue weighted by Gasteiger charge is 2.59. The third-order valence-electron chi connectivity index (χ3n) is 10.8. The second-order valence-electron chi connectivity index (χ2n) is 13.2. The molecular weight excluding hydrogens is 414 g/mol. The average Bonchev–Trinajstić information content (AvgIpc) is 3.18. The molecule has 189 valence electrons. The summed E-state index contributed by atoms with van der Waals surface area (Å²) < 4.78 is 0. The van der Waals surface area contributed by atoms with Gasteiger partial charge < -0.3 is 0 Å². The van der Waals surface area contributed by atoms with E-state index in [0.717, 1.165) is 54.8 Å². The van der Waals surface area contributed by atoms with Crippen LogP contribution < -0.4 is 0 Å². The summed E-state index contributed by atoms with van der Waals surface area (Å²) in [5.74, 6) is 5.37. The topological polar surface area (TPSA) is 32.8 Å². The Bertz CT molecular complexity index is 776. The van der Waals surface area contributed by atoms with Crippen molar-refractivity contribution in [2.75, 3.05) is 0 Å². The maximum absolute atomic E-state index is 12.1. The molecule has 0 saturated heterocycles. The fraction of sp³-hybridized carbons (Fsp3) is 0.781. The molecule has 34 heavy (non-hydrogen) atoms. The van der Waals surface area contributed by atoms with Crippen molar-refractivity contribution in [3.05, 3.63) is 42.2 Å². The fourth-order valence-electron chi connectivity index (χ4n) is 8.96. The summed E-state index contributed by atoms with van der Waals surface area (Å²) in [7, 11) is 0. The van der Waals surface area contributed by atoms with Crippen LogP contribution in [-0.4, -0.2) is 11.1 Å². The Balaban J connectivity index is 0.000000398. The lowest BCUT2D eigenvalue weighted by atomic mass is 9.47. The van der Waals surface area contributed by atoms with Crippen molar-refractivity contribution in [2.24, 2.45) is 46.3 Å². The monoisotopic (exact) mass is 464 g/mol. The van der Waals surface area contributed by atoms with Gasteiger partial charge in [-0.05, 0) is 110 Å². The lowest BCUT2D eigenvalue weighted by Crippen LogP contribution is -2.50. The van der Waals surface area contributed by atoms with Gasteiger partial charge in [0.05, 0.1) is 6.10 Å². The van der Waals surface area contributed by atoms with Gasteiger partial charge in [0.1, 0.15) is 0 Å². The van der Waals surface area contributed by atoms with Crippen LogP contribution in [0.25, 0.3) is 0 Å². The van der Waals surface area contributed by atoms with Crippen LogP contribution in [0.1, 0.15) is 105 Å². The van der Waals surface area contributed by atoms with E-state index in [4.69, 9.17) is 0 Å². The summed E-state index contributed by atoms with van der Waals surface area (Å²) in [4.78, 5) is 3.78. The molecule has 1 aromatic rings. The van der Waals surface area contributed by atoms with E-state index in [-0.39, 0.29) is 6.10 Å². The van der Waals surface area contributed by atoms with Gasteiger partial charge in [-0.25, -0.2) is 5.11 Å². The number of fused-ring (bicyclic) bond motifs is 5. The van der Waals surface area contributed by atoms with Crippen molar-refractivity contribution in [1.82, 2.24) is 4.98 Å². The molecule has 0 N–H and O–H groups in total. The minimum Gasteiger partial charge on any atom is -0.265 e. The maximum atomic E-state index is 12.1. The van der Waals surface area contributed by atoms with E-state index < -0.39 is 0 Å². The smallest absolute Gasteiger partial charge is 0.0967 e. The molecule has 3 saturated carbocycles. The molecule has 4 aliphatic carbocycles. The van der Waals surface area contributed by atoms with E-state index in [2.05, 4.69) is 45.7 Å². The average molecular weight is 465 g/mol. The summed E-state index contributed by atoms with van der Waals surface area (Å²) in [5.41, 5.74) is 2.49. The highest BCUT2D eigenvalue weighted by molar-refractivity contribution is 5.25. The van der Waals surface area contributed by atoms with Gasteiger partial charge in [-0.15, -0.1) is 0 Å². The number of hydrogen-bond donors (Lipinski definition) is 0. The number of nitrogens with zero attached hydrogens (tertiary/aromatic N) is 1. The molecule has 2 nitrogen and oxygen atoms in total. The highest BCUT2D eigenvalue weighted by Crippen LogP contribution is 2.67. The summed E-state index contributed by atoms with van der Waals surface area (Å²) in [6, 6.07) is 5.72. The van der Waals surface area contributed by atoms with Crippen molar-refractivity contribution >= 4 is 0 Å². The Kier molecular flexibility index (Phi) is 8.28. The highest BCUT2D eigenvalue weighted by atomic mass is 16.3. The van der Waals surface area contributed by atoms with Crippen LogP contribution in [0.2, 0.25) is 0 Å². The number of aromatic nitrogens is 1. The summed E-state index contributed by atoms with van der Waals surface area (Å²) in [5, 5.41) is 12.1. The summed E-state index contributed by atoms with van der Waals surface area (Å²) in [6.45, 7) is 12.5. The molecule has 4 aliphatic rings. The molecule has 1 aromatic heterocycles. The quantitative estimate of drug-likeness (QED) is 0.400. The van der Waals surface area contributed by atoms with Gasteiger partial charge in [0.15, 0.2) is 0 Å². The van der Waals surface area contributed by atoms with Gasteiger partial charge in [0, 0.05) is 12.4 Å². The number of pyridine rings is 1. The Morgan fingerprint density at radius 1 is 0.941 bits per heavy atom. The van der Waals surface area contributed by atoms with Gasteiger partial charge in [-0.2, -0.15) is 0 Å². The van der Waals surface area contributed by atoms with Gasteiger partial charge in [-0.3, -0.25) is 4.98 Å². The number of hydrogen-bond acceptors (Lipinski definition) is 1. The fourth-order valence-corrected chi connectivity index (χ4v) is 8.96. The van der Waals surface area contributed by atoms with E-state index in [1.165, 1.54) is 51.4 Å². The molecule has 8 atom stereocenters. The molecule has 0 spiro atoms. The van der Waals surface area contributed by atoms with Crippen molar-refractivity contribution < 1.29 is 5.11 Å². The van der Waals surface area contributed by atoms with Gasteiger partial charge in [0.25, 0.3) is 0 Å². The number of allylic oxidation sites excluding steroid dienone is 1. The summed E-state index contributed by atoms with van der Waals surface area (Å²) in [6.07, 6.45) is 20.0. The molecule has 0 amide bonds. The van der Waals surface area contributed by atoms with Crippen molar-refractivity contribution in [2.45, 2.75) is 111 Å². The Morgan fingerprint density at radius 3 is 2.35 bits per heavy atom. The minimum atomic E-state index is -0.327. The van der Waals surface area contributed by atoms with E-state index in [1.54, 1.807) is 18.0 Å². The molecule has 0 bridgehead atoms. The second kappa shape index (κ2) is 10.9. The number of rotatable bonds is 5. The van der Waals surface area contributed by atoms with E-state index >= 15 is 0 Å². The molecule has 1 radical (unpaired) electrons. The van der Waals surface area contributed by atoms with E-state index in [0.29, 0.717) is 10.8 Å². The standard InChI is InChI=1S/C27H45O.C5H5N/c1-18(2)7-6-8-19(3)23-11-12-24-22-10-9-20-17-21(28)13-15-26(20,4)25(22)14-16-27(23,24)5;1-2-4-6-5-3-1/h9,18-19,21-25H,6-8,10-17H2,1-5H3;1-5H/t19-,21+,22+,23-,24+,25+,26+,27-;/m1./s1. The molecule has 5 rings (SSSR count). The third-order valence-corrected chi connectivity index (χ3v) is 10.8. The molecule has 1 heterocycles. The molecular formula is C32H50NO. The molecule has 0 unspecified atom stereocenters. The lowest BCUT2D eigenvalue weighted by molar-refractivity contribution is -0.0623. The molecule has 3 fully saturated rings. The zero-order chi connectivity index (χ0) is 24.3. The molecule has 0 aromatic carbocycles. The first-order chi connectivity index (χ1) is 16.3. The van der Waals surface area contributed by atoms with Gasteiger partial charge >= 0.3 is 0 Å². The minimum absolute atomic E-state index is 0.327. The normalized spacial score (nSPS) is 39.7. The van der Waals surface area contributed by atoms with Crippen LogP contribution >= 0.6 is 0 Å². The molecule has 2 heteroatoms. The van der Waals surface area contributed by atoms with Gasteiger partial charge in [0.2, 0.25) is 0 Å². The van der Waals surface area contributed by atoms with E-state index in [9.17, 15) is 5.11 Å². The van der Waals surface area contributed by atoms with Crippen molar-refractivity contribution in [1.29, 1.82) is 0 Å². The molecule has 0 aliphatic heterocycles. The summed E-state index contributed by atoms with van der Waals surface area (Å²) >= 11 is 0. The third kappa shape index (κ3) is 5.18. The van der Waals surface area contributed by atoms with E-state index in [1.807, 2.05) is 18.2 Å². The Hall–Kier alpha value is -1.15. The maximum Gasteiger partial charge on any atom is 0.0967 e. The predicted octanol–water partition coefficient (Wildman–Crippen LogP) is 8.91. The van der Waals surface area contributed by atoms with Crippen LogP contribution in [0.5, 0.6) is 0 Å². The SMILES string of the molecule is CC(C)CCC[C@@H](C)[C@H]1CC[C@H]2[C@@H]3CC=C4C[C@@H]([O])CC[C@]4(C)[C@H]3CC[C@]12C.c1ccncc1. The lowest BCUT2D eigenvalue weighted by Gasteiger charge is -2.58. The first-order valence-corrected chi connectivity index (χ1v) is 14.5. The van der Waals surface area contributed by atoms with Crippen molar-refractivity contribution in [3.8, 4) is 0 Å². The Morgan fingerprint density at radius 2 is 1.71 bits per heavy atom. The largest absolute Gasteiger partial charge is 0.265 e. The zero-order valence-electron chi connectivity index (χ0n) is 22.6.